The van der Waals surface area contributed by atoms with Gasteiger partial charge in [-0.15, -0.1) is 11.8 Å². The van der Waals surface area contributed by atoms with Crippen molar-refractivity contribution in [1.82, 2.24) is 0 Å². The van der Waals surface area contributed by atoms with Gasteiger partial charge in [0, 0.05) is 26.6 Å². The summed E-state index contributed by atoms with van der Waals surface area (Å²) < 4.78 is 1.22. The molecule has 0 amide bonds. The van der Waals surface area contributed by atoms with Crippen molar-refractivity contribution in [3.05, 3.63) is 28.2 Å². The summed E-state index contributed by atoms with van der Waals surface area (Å²) in [5.74, 6) is 0. The van der Waals surface area contributed by atoms with Crippen molar-refractivity contribution in [1.29, 1.82) is 0 Å². The second-order valence-electron chi connectivity index (χ2n) is 5.15. The van der Waals surface area contributed by atoms with E-state index in [4.69, 9.17) is 5.73 Å². The Morgan fingerprint density at radius 1 is 1.41 bits per heavy atom. The van der Waals surface area contributed by atoms with Gasteiger partial charge in [0.1, 0.15) is 0 Å². The maximum Gasteiger partial charge on any atom is 0.0314 e. The lowest BCUT2D eigenvalue weighted by Gasteiger charge is -2.41. The summed E-state index contributed by atoms with van der Waals surface area (Å²) in [6.45, 7) is 5.22. The van der Waals surface area contributed by atoms with Crippen LogP contribution in [0.25, 0.3) is 0 Å². The standard InChI is InChI=1S/C14H20BrNS/c1-10(2)17-13-5-4-11(8-12(13)15)14(9-16)6-3-7-14/h4-5,8,10H,3,6-7,9,16H2,1-2H3. The molecule has 1 aromatic rings. The molecule has 1 aliphatic carbocycles. The third-order valence-electron chi connectivity index (χ3n) is 3.61. The zero-order valence-electron chi connectivity index (χ0n) is 10.5. The highest BCUT2D eigenvalue weighted by atomic mass is 79.9. The number of hydrogen-bond acceptors (Lipinski definition) is 2. The lowest BCUT2D eigenvalue weighted by molar-refractivity contribution is 0.253. The second kappa shape index (κ2) is 5.33. The molecule has 0 aromatic heterocycles. The molecule has 1 fully saturated rings. The lowest BCUT2D eigenvalue weighted by atomic mass is 9.64. The first kappa shape index (κ1) is 13.4. The maximum absolute atomic E-state index is 5.95. The number of nitrogens with two attached hydrogens (primary N) is 1. The number of rotatable bonds is 4. The lowest BCUT2D eigenvalue weighted by Crippen LogP contribution is -2.41. The molecule has 0 unspecified atom stereocenters. The molecule has 2 N–H and O–H groups in total. The van der Waals surface area contributed by atoms with Crippen LogP contribution in [0.5, 0.6) is 0 Å². The van der Waals surface area contributed by atoms with Crippen LogP contribution < -0.4 is 5.73 Å². The van der Waals surface area contributed by atoms with Crippen LogP contribution in [0.1, 0.15) is 38.7 Å². The van der Waals surface area contributed by atoms with Gasteiger partial charge in [-0.1, -0.05) is 26.3 Å². The topological polar surface area (TPSA) is 26.0 Å². The Morgan fingerprint density at radius 3 is 2.53 bits per heavy atom. The van der Waals surface area contributed by atoms with E-state index >= 15 is 0 Å². The fraction of sp³-hybridized carbons (Fsp3) is 0.571. The highest BCUT2D eigenvalue weighted by Crippen LogP contribution is 2.44. The SMILES string of the molecule is CC(C)Sc1ccc(C2(CN)CCC2)cc1Br. The molecule has 1 nitrogen and oxygen atoms in total. The molecule has 2 rings (SSSR count). The summed E-state index contributed by atoms with van der Waals surface area (Å²) >= 11 is 5.59. The molecule has 0 bridgehead atoms. The fourth-order valence-corrected chi connectivity index (χ4v) is 3.88. The first-order valence-electron chi connectivity index (χ1n) is 6.24. The minimum atomic E-state index is 0.267. The second-order valence-corrected chi connectivity index (χ2v) is 7.62. The first-order chi connectivity index (χ1) is 8.07. The van der Waals surface area contributed by atoms with Crippen molar-refractivity contribution in [2.45, 2.75) is 48.7 Å². The van der Waals surface area contributed by atoms with Gasteiger partial charge in [0.25, 0.3) is 0 Å². The summed E-state index contributed by atoms with van der Waals surface area (Å²) in [5, 5.41) is 0.615. The van der Waals surface area contributed by atoms with E-state index < -0.39 is 0 Å². The summed E-state index contributed by atoms with van der Waals surface area (Å²) in [6, 6.07) is 6.78. The average Bonchev–Trinajstić information content (AvgIpc) is 2.20. The van der Waals surface area contributed by atoms with Gasteiger partial charge in [0.2, 0.25) is 0 Å². The van der Waals surface area contributed by atoms with E-state index in [2.05, 4.69) is 48.0 Å². The minimum Gasteiger partial charge on any atom is -0.330 e. The van der Waals surface area contributed by atoms with Crippen molar-refractivity contribution < 1.29 is 0 Å². The number of benzene rings is 1. The normalized spacial score (nSPS) is 18.2. The van der Waals surface area contributed by atoms with Gasteiger partial charge in [-0.2, -0.15) is 0 Å². The van der Waals surface area contributed by atoms with E-state index in [0.29, 0.717) is 5.25 Å². The molecule has 17 heavy (non-hydrogen) atoms. The van der Waals surface area contributed by atoms with Crippen molar-refractivity contribution in [2.24, 2.45) is 5.73 Å². The fourth-order valence-electron chi connectivity index (χ4n) is 2.39. The van der Waals surface area contributed by atoms with Gasteiger partial charge >= 0.3 is 0 Å². The van der Waals surface area contributed by atoms with Crippen molar-refractivity contribution >= 4 is 27.7 Å². The quantitative estimate of drug-likeness (QED) is 0.837. The van der Waals surface area contributed by atoms with E-state index in [1.54, 1.807) is 0 Å². The zero-order valence-corrected chi connectivity index (χ0v) is 12.9. The van der Waals surface area contributed by atoms with E-state index in [1.807, 2.05) is 11.8 Å². The Kier molecular flexibility index (Phi) is 4.22. The molecule has 1 saturated carbocycles. The smallest absolute Gasteiger partial charge is 0.0314 e. The van der Waals surface area contributed by atoms with Crippen LogP contribution in [0.2, 0.25) is 0 Å². The van der Waals surface area contributed by atoms with Gasteiger partial charge in [-0.3, -0.25) is 0 Å². The van der Waals surface area contributed by atoms with Crippen LogP contribution in [0.15, 0.2) is 27.6 Å². The predicted octanol–water partition coefficient (Wildman–Crippen LogP) is 4.33. The van der Waals surface area contributed by atoms with Crippen LogP contribution in [0.3, 0.4) is 0 Å². The summed E-state index contributed by atoms with van der Waals surface area (Å²) in [4.78, 5) is 1.33. The van der Waals surface area contributed by atoms with Crippen LogP contribution in [0.4, 0.5) is 0 Å². The van der Waals surface area contributed by atoms with Crippen molar-refractivity contribution in [2.75, 3.05) is 6.54 Å². The molecule has 0 saturated heterocycles. The molecular formula is C14H20BrNS. The zero-order chi connectivity index (χ0) is 12.5. The third kappa shape index (κ3) is 2.72. The Balaban J connectivity index is 2.24. The van der Waals surface area contributed by atoms with Crippen LogP contribution >= 0.6 is 27.7 Å². The molecule has 0 aliphatic heterocycles. The Bertz CT molecular complexity index is 394. The minimum absolute atomic E-state index is 0.267. The van der Waals surface area contributed by atoms with Crippen molar-refractivity contribution in [3.8, 4) is 0 Å². The van der Waals surface area contributed by atoms with E-state index in [0.717, 1.165) is 6.54 Å². The highest BCUT2D eigenvalue weighted by molar-refractivity contribution is 9.10. The van der Waals surface area contributed by atoms with Crippen molar-refractivity contribution in [3.63, 3.8) is 0 Å². The summed E-state index contributed by atoms with van der Waals surface area (Å²) in [5.41, 5.74) is 7.63. The molecular weight excluding hydrogens is 294 g/mol. The molecule has 3 heteroatoms. The Hall–Kier alpha value is 0.01000. The Morgan fingerprint density at radius 2 is 2.12 bits per heavy atom. The molecule has 0 spiro atoms. The molecule has 1 aromatic carbocycles. The highest BCUT2D eigenvalue weighted by Gasteiger charge is 2.37. The van der Waals surface area contributed by atoms with Crippen LogP contribution in [0, 0.1) is 0 Å². The van der Waals surface area contributed by atoms with Gasteiger partial charge < -0.3 is 5.73 Å². The van der Waals surface area contributed by atoms with E-state index in [9.17, 15) is 0 Å². The molecule has 1 aliphatic rings. The Labute approximate surface area is 117 Å². The van der Waals surface area contributed by atoms with Gasteiger partial charge in [0.05, 0.1) is 0 Å². The average molecular weight is 314 g/mol. The monoisotopic (exact) mass is 313 g/mol. The van der Waals surface area contributed by atoms with Crippen LogP contribution in [-0.4, -0.2) is 11.8 Å². The maximum atomic E-state index is 5.95. The molecule has 0 radical (unpaired) electrons. The van der Waals surface area contributed by atoms with E-state index in [1.165, 1.54) is 34.2 Å². The van der Waals surface area contributed by atoms with Gasteiger partial charge in [0.15, 0.2) is 0 Å². The summed E-state index contributed by atoms with van der Waals surface area (Å²) in [6.07, 6.45) is 3.80. The molecule has 94 valence electrons. The first-order valence-corrected chi connectivity index (χ1v) is 7.91. The number of hydrogen-bond donors (Lipinski definition) is 1. The largest absolute Gasteiger partial charge is 0.330 e. The predicted molar refractivity (Wildman–Crippen MR) is 79.7 cm³/mol. The molecule has 0 atom stereocenters. The van der Waals surface area contributed by atoms with Gasteiger partial charge in [-0.05, 0) is 46.5 Å². The van der Waals surface area contributed by atoms with E-state index in [-0.39, 0.29) is 5.41 Å². The number of thioether (sulfide) groups is 1. The van der Waals surface area contributed by atoms with Crippen LogP contribution in [-0.2, 0) is 5.41 Å². The summed E-state index contributed by atoms with van der Waals surface area (Å²) in [7, 11) is 0. The number of halogens is 1. The third-order valence-corrected chi connectivity index (χ3v) is 5.61. The molecule has 0 heterocycles. The van der Waals surface area contributed by atoms with Gasteiger partial charge in [-0.25, -0.2) is 0 Å².